The summed E-state index contributed by atoms with van der Waals surface area (Å²) in [5, 5.41) is 1.87. The minimum Gasteiger partial charge on any atom is -0.465 e. The lowest BCUT2D eigenvalue weighted by Crippen LogP contribution is -2.02. The van der Waals surface area contributed by atoms with Crippen LogP contribution in [-0.2, 0) is 4.74 Å². The van der Waals surface area contributed by atoms with E-state index in [1.807, 2.05) is 25.1 Å². The number of benzene rings is 1. The monoisotopic (exact) mass is 201 g/mol. The summed E-state index contributed by atoms with van der Waals surface area (Å²) in [5.74, 6) is -0.348. The molecule has 0 aliphatic heterocycles. The number of methoxy groups -OCH3 is 1. The van der Waals surface area contributed by atoms with E-state index in [4.69, 9.17) is 4.74 Å². The zero-order valence-electron chi connectivity index (χ0n) is 8.65. The lowest BCUT2D eigenvalue weighted by atomic mass is 10.0. The third kappa shape index (κ3) is 1.56. The molecule has 0 atom stereocenters. The van der Waals surface area contributed by atoms with Crippen molar-refractivity contribution in [1.29, 1.82) is 0 Å². The van der Waals surface area contributed by atoms with Crippen LogP contribution in [0.5, 0.6) is 0 Å². The normalized spacial score (nSPS) is 10.3. The van der Waals surface area contributed by atoms with Crippen LogP contribution in [0.1, 0.15) is 15.9 Å². The molecule has 0 unspecified atom stereocenters. The number of aryl methyl sites for hydroxylation is 1. The summed E-state index contributed by atoms with van der Waals surface area (Å²) < 4.78 is 4.71. The van der Waals surface area contributed by atoms with Crippen LogP contribution in [0.3, 0.4) is 0 Å². The molecular weight excluding hydrogens is 190 g/mol. The van der Waals surface area contributed by atoms with Crippen molar-refractivity contribution in [3.63, 3.8) is 0 Å². The highest BCUT2D eigenvalue weighted by molar-refractivity contribution is 6.04. The number of hydrogen-bond donors (Lipinski definition) is 0. The summed E-state index contributed by atoms with van der Waals surface area (Å²) in [6.45, 7) is 1.99. The number of esters is 1. The number of aromatic nitrogens is 1. The van der Waals surface area contributed by atoms with Gasteiger partial charge in [-0.1, -0.05) is 18.2 Å². The molecule has 1 aromatic carbocycles. The number of fused-ring (bicyclic) bond motifs is 1. The summed E-state index contributed by atoms with van der Waals surface area (Å²) in [5.41, 5.74) is 1.62. The predicted octanol–water partition coefficient (Wildman–Crippen LogP) is 2.33. The van der Waals surface area contributed by atoms with Gasteiger partial charge in [0.2, 0.25) is 0 Å². The van der Waals surface area contributed by atoms with E-state index in [1.165, 1.54) is 13.3 Å². The number of ether oxygens (including phenoxy) is 1. The number of pyridine rings is 1. The third-order valence-electron chi connectivity index (χ3n) is 2.43. The van der Waals surface area contributed by atoms with Crippen LogP contribution < -0.4 is 0 Å². The fourth-order valence-electron chi connectivity index (χ4n) is 1.62. The highest BCUT2D eigenvalue weighted by Crippen LogP contribution is 2.20. The van der Waals surface area contributed by atoms with E-state index in [2.05, 4.69) is 4.98 Å². The first-order chi connectivity index (χ1) is 7.24. The van der Waals surface area contributed by atoms with Crippen LogP contribution in [0, 0.1) is 6.92 Å². The Balaban J connectivity index is 2.77. The molecule has 2 aromatic rings. The molecule has 1 aromatic heterocycles. The zero-order valence-corrected chi connectivity index (χ0v) is 8.65. The molecule has 2 rings (SSSR count). The summed E-state index contributed by atoms with van der Waals surface area (Å²) in [6, 6.07) is 5.81. The SMILES string of the molecule is COC(=O)c1cncc2c(C)cccc12. The van der Waals surface area contributed by atoms with Gasteiger partial charge in [0.25, 0.3) is 0 Å². The second-order valence-electron chi connectivity index (χ2n) is 3.35. The highest BCUT2D eigenvalue weighted by atomic mass is 16.5. The van der Waals surface area contributed by atoms with Gasteiger partial charge in [0.1, 0.15) is 0 Å². The maximum Gasteiger partial charge on any atom is 0.340 e. The van der Waals surface area contributed by atoms with E-state index in [0.717, 1.165) is 16.3 Å². The molecule has 3 heteroatoms. The quantitative estimate of drug-likeness (QED) is 0.665. The fourth-order valence-corrected chi connectivity index (χ4v) is 1.62. The number of rotatable bonds is 1. The van der Waals surface area contributed by atoms with Crippen molar-refractivity contribution in [2.45, 2.75) is 6.92 Å². The van der Waals surface area contributed by atoms with Gasteiger partial charge in [-0.2, -0.15) is 0 Å². The Morgan fingerprint density at radius 3 is 2.80 bits per heavy atom. The topological polar surface area (TPSA) is 39.2 Å². The molecule has 0 bridgehead atoms. The second kappa shape index (κ2) is 3.69. The molecule has 15 heavy (non-hydrogen) atoms. The summed E-state index contributed by atoms with van der Waals surface area (Å²) in [7, 11) is 1.37. The third-order valence-corrected chi connectivity index (χ3v) is 2.43. The van der Waals surface area contributed by atoms with E-state index in [-0.39, 0.29) is 5.97 Å². The standard InChI is InChI=1S/C12H11NO2/c1-8-4-3-5-9-10(8)6-13-7-11(9)12(14)15-2/h3-7H,1-2H3. The number of carbonyl (C=O) groups is 1. The van der Waals surface area contributed by atoms with Gasteiger partial charge in [-0.15, -0.1) is 0 Å². The Morgan fingerprint density at radius 2 is 2.07 bits per heavy atom. The average Bonchev–Trinajstić information content (AvgIpc) is 2.28. The van der Waals surface area contributed by atoms with Crippen molar-refractivity contribution in [3.8, 4) is 0 Å². The van der Waals surface area contributed by atoms with Crippen LogP contribution in [0.4, 0.5) is 0 Å². The van der Waals surface area contributed by atoms with Gasteiger partial charge in [0, 0.05) is 17.8 Å². The Kier molecular flexibility index (Phi) is 2.37. The van der Waals surface area contributed by atoms with E-state index < -0.39 is 0 Å². The number of hydrogen-bond acceptors (Lipinski definition) is 3. The first kappa shape index (κ1) is 9.65. The van der Waals surface area contributed by atoms with Crippen molar-refractivity contribution in [1.82, 2.24) is 4.98 Å². The van der Waals surface area contributed by atoms with Gasteiger partial charge < -0.3 is 4.74 Å². The van der Waals surface area contributed by atoms with E-state index >= 15 is 0 Å². The molecule has 0 radical (unpaired) electrons. The van der Waals surface area contributed by atoms with E-state index in [9.17, 15) is 4.79 Å². The molecule has 0 saturated heterocycles. The van der Waals surface area contributed by atoms with Gasteiger partial charge >= 0.3 is 5.97 Å². The molecule has 3 nitrogen and oxygen atoms in total. The van der Waals surface area contributed by atoms with Crippen LogP contribution in [0.2, 0.25) is 0 Å². The molecule has 0 spiro atoms. The molecule has 0 aliphatic carbocycles. The average molecular weight is 201 g/mol. The van der Waals surface area contributed by atoms with Gasteiger partial charge in [0.05, 0.1) is 12.7 Å². The van der Waals surface area contributed by atoms with Gasteiger partial charge in [0.15, 0.2) is 0 Å². The molecule has 0 N–H and O–H groups in total. The van der Waals surface area contributed by atoms with Gasteiger partial charge in [-0.3, -0.25) is 4.98 Å². The van der Waals surface area contributed by atoms with Gasteiger partial charge in [-0.05, 0) is 17.9 Å². The van der Waals surface area contributed by atoms with Crippen LogP contribution in [0.25, 0.3) is 10.8 Å². The summed E-state index contributed by atoms with van der Waals surface area (Å²) >= 11 is 0. The lowest BCUT2D eigenvalue weighted by Gasteiger charge is -2.05. The fraction of sp³-hybridized carbons (Fsp3) is 0.167. The maximum atomic E-state index is 11.5. The number of nitrogens with zero attached hydrogens (tertiary/aromatic N) is 1. The molecule has 76 valence electrons. The summed E-state index contributed by atoms with van der Waals surface area (Å²) in [4.78, 5) is 15.5. The Bertz CT molecular complexity index is 520. The van der Waals surface area contributed by atoms with Crippen molar-refractivity contribution >= 4 is 16.7 Å². The Labute approximate surface area is 87.7 Å². The largest absolute Gasteiger partial charge is 0.465 e. The minimum absolute atomic E-state index is 0.348. The Morgan fingerprint density at radius 1 is 1.27 bits per heavy atom. The van der Waals surface area contributed by atoms with Crippen molar-refractivity contribution in [3.05, 3.63) is 41.7 Å². The highest BCUT2D eigenvalue weighted by Gasteiger charge is 2.10. The molecular formula is C12H11NO2. The minimum atomic E-state index is -0.348. The van der Waals surface area contributed by atoms with Crippen LogP contribution in [0.15, 0.2) is 30.6 Å². The summed E-state index contributed by atoms with van der Waals surface area (Å²) in [6.07, 6.45) is 3.30. The molecule has 0 aliphatic rings. The predicted molar refractivity (Wildman–Crippen MR) is 57.8 cm³/mol. The van der Waals surface area contributed by atoms with Gasteiger partial charge in [-0.25, -0.2) is 4.79 Å². The van der Waals surface area contributed by atoms with Crippen molar-refractivity contribution in [2.75, 3.05) is 7.11 Å². The molecule has 0 amide bonds. The molecule has 0 fully saturated rings. The van der Waals surface area contributed by atoms with E-state index in [1.54, 1.807) is 6.20 Å². The molecule has 1 heterocycles. The lowest BCUT2D eigenvalue weighted by molar-refractivity contribution is 0.0602. The van der Waals surface area contributed by atoms with Crippen molar-refractivity contribution < 1.29 is 9.53 Å². The smallest absolute Gasteiger partial charge is 0.340 e. The van der Waals surface area contributed by atoms with Crippen LogP contribution >= 0.6 is 0 Å². The van der Waals surface area contributed by atoms with E-state index in [0.29, 0.717) is 5.56 Å². The second-order valence-corrected chi connectivity index (χ2v) is 3.35. The first-order valence-electron chi connectivity index (χ1n) is 4.65. The number of carbonyl (C=O) groups excluding carboxylic acids is 1. The molecule has 0 saturated carbocycles. The first-order valence-corrected chi connectivity index (χ1v) is 4.65. The zero-order chi connectivity index (χ0) is 10.8. The van der Waals surface area contributed by atoms with Crippen molar-refractivity contribution in [2.24, 2.45) is 0 Å². The van der Waals surface area contributed by atoms with Crippen LogP contribution in [-0.4, -0.2) is 18.1 Å². The Hall–Kier alpha value is -1.90. The maximum absolute atomic E-state index is 11.5.